The Hall–Kier alpha value is -1.15. The molecule has 13 heavy (non-hydrogen) atoms. The molecule has 1 amide bonds. The van der Waals surface area contributed by atoms with Gasteiger partial charge in [-0.1, -0.05) is 5.92 Å². The van der Waals surface area contributed by atoms with Gasteiger partial charge >= 0.3 is 5.92 Å². The second kappa shape index (κ2) is 2.67. The molecule has 1 aliphatic rings. The molecule has 0 aliphatic carbocycles. The van der Waals surface area contributed by atoms with E-state index < -0.39 is 24.0 Å². The van der Waals surface area contributed by atoms with Crippen LogP contribution in [0.15, 0.2) is 0 Å². The fraction of sp³-hybridized carbons (Fsp3) is 0.625. The number of amides is 1. The Morgan fingerprint density at radius 2 is 2.15 bits per heavy atom. The van der Waals surface area contributed by atoms with E-state index in [9.17, 15) is 18.7 Å². The smallest absolute Gasteiger partial charge is 0.313 e. The molecule has 1 atom stereocenters. The van der Waals surface area contributed by atoms with E-state index in [0.29, 0.717) is 0 Å². The molecular weight excluding hydrogens is 180 g/mol. The number of carbonyl (C=O) groups is 1. The molecule has 0 spiro atoms. The van der Waals surface area contributed by atoms with Gasteiger partial charge in [0.05, 0.1) is 6.54 Å². The minimum atomic E-state index is -3.50. The Kier molecular flexibility index (Phi) is 2.04. The van der Waals surface area contributed by atoms with E-state index in [1.165, 1.54) is 14.0 Å². The zero-order valence-corrected chi connectivity index (χ0v) is 7.27. The first-order valence-electron chi connectivity index (χ1n) is 3.65. The number of likely N-dealkylation sites (tertiary alicyclic amines) is 1. The molecule has 0 bridgehead atoms. The van der Waals surface area contributed by atoms with Crippen molar-refractivity contribution in [3.8, 4) is 11.8 Å². The molecule has 1 N–H and O–H groups in total. The molecule has 0 saturated carbocycles. The van der Waals surface area contributed by atoms with Crippen LogP contribution in [0.4, 0.5) is 8.78 Å². The van der Waals surface area contributed by atoms with Gasteiger partial charge in [-0.3, -0.25) is 4.79 Å². The summed E-state index contributed by atoms with van der Waals surface area (Å²) in [7, 11) is 1.20. The maximum atomic E-state index is 13.1. The maximum absolute atomic E-state index is 13.1. The van der Waals surface area contributed by atoms with Crippen molar-refractivity contribution in [2.45, 2.75) is 18.4 Å². The Bertz CT molecular complexity index is 305. The molecule has 0 aromatic rings. The van der Waals surface area contributed by atoms with E-state index in [1.807, 2.05) is 5.92 Å². The van der Waals surface area contributed by atoms with Gasteiger partial charge < -0.3 is 10.0 Å². The van der Waals surface area contributed by atoms with Gasteiger partial charge in [0.1, 0.15) is 0 Å². The van der Waals surface area contributed by atoms with Gasteiger partial charge in [-0.05, 0) is 6.92 Å². The zero-order valence-electron chi connectivity index (χ0n) is 7.27. The third-order valence-corrected chi connectivity index (χ3v) is 1.93. The van der Waals surface area contributed by atoms with Crippen LogP contribution >= 0.6 is 0 Å². The lowest BCUT2D eigenvalue weighted by atomic mass is 9.99. The van der Waals surface area contributed by atoms with E-state index in [0.717, 1.165) is 4.90 Å². The highest BCUT2D eigenvalue weighted by Crippen LogP contribution is 2.36. The molecule has 1 saturated heterocycles. The Balaban J connectivity index is 3.18. The summed E-state index contributed by atoms with van der Waals surface area (Å²) in [5.74, 6) is -0.562. The van der Waals surface area contributed by atoms with E-state index in [1.54, 1.807) is 0 Å². The van der Waals surface area contributed by atoms with Crippen molar-refractivity contribution >= 4 is 5.91 Å². The first-order chi connectivity index (χ1) is 5.85. The summed E-state index contributed by atoms with van der Waals surface area (Å²) in [6.07, 6.45) is 0. The Morgan fingerprint density at radius 1 is 1.62 bits per heavy atom. The average Bonchev–Trinajstić information content (AvgIpc) is 2.13. The summed E-state index contributed by atoms with van der Waals surface area (Å²) < 4.78 is 26.1. The minimum Gasteiger partial charge on any atom is -0.365 e. The molecule has 5 heteroatoms. The molecular formula is C8H9F2NO2. The van der Waals surface area contributed by atoms with Crippen molar-refractivity contribution in [1.82, 2.24) is 4.90 Å². The third-order valence-electron chi connectivity index (χ3n) is 1.93. The van der Waals surface area contributed by atoms with Crippen molar-refractivity contribution in [3.05, 3.63) is 0 Å². The van der Waals surface area contributed by atoms with E-state index in [2.05, 4.69) is 5.92 Å². The van der Waals surface area contributed by atoms with Crippen molar-refractivity contribution in [2.75, 3.05) is 13.6 Å². The van der Waals surface area contributed by atoms with Crippen LogP contribution in [0.3, 0.4) is 0 Å². The van der Waals surface area contributed by atoms with E-state index in [4.69, 9.17) is 0 Å². The SMILES string of the molecule is CC#CC1(O)C(=O)N(C)CC1(F)F. The number of carbonyl (C=O) groups excluding carboxylic acids is 1. The van der Waals surface area contributed by atoms with Gasteiger partial charge in [-0.25, -0.2) is 0 Å². The van der Waals surface area contributed by atoms with E-state index in [-0.39, 0.29) is 0 Å². The molecule has 0 aromatic heterocycles. The highest BCUT2D eigenvalue weighted by Gasteiger charge is 2.64. The molecule has 1 aliphatic heterocycles. The van der Waals surface area contributed by atoms with Crippen LogP contribution in [0.1, 0.15) is 6.92 Å². The Morgan fingerprint density at radius 3 is 2.46 bits per heavy atom. The number of rotatable bonds is 0. The van der Waals surface area contributed by atoms with Crippen molar-refractivity contribution < 1.29 is 18.7 Å². The number of hydrogen-bond acceptors (Lipinski definition) is 2. The normalized spacial score (nSPS) is 31.5. The standard InChI is InChI=1S/C8H9F2NO2/c1-3-4-7(13)6(12)11(2)5-8(7,9)10/h13H,5H2,1-2H3. The molecule has 1 rings (SSSR count). The lowest BCUT2D eigenvalue weighted by Gasteiger charge is -2.19. The molecule has 0 radical (unpaired) electrons. The monoisotopic (exact) mass is 189 g/mol. The quantitative estimate of drug-likeness (QED) is 0.538. The first-order valence-corrected chi connectivity index (χ1v) is 3.65. The topological polar surface area (TPSA) is 40.5 Å². The molecule has 0 aromatic carbocycles. The predicted molar refractivity (Wildman–Crippen MR) is 41.0 cm³/mol. The van der Waals surface area contributed by atoms with E-state index >= 15 is 0 Å². The average molecular weight is 189 g/mol. The summed E-state index contributed by atoms with van der Waals surface area (Å²) in [6, 6.07) is 0. The molecule has 1 unspecified atom stereocenters. The first kappa shape index (κ1) is 9.93. The van der Waals surface area contributed by atoms with Crippen LogP contribution in [0.5, 0.6) is 0 Å². The molecule has 1 heterocycles. The van der Waals surface area contributed by atoms with Gasteiger partial charge in [0, 0.05) is 7.05 Å². The van der Waals surface area contributed by atoms with Crippen LogP contribution in [0.25, 0.3) is 0 Å². The Labute approximate surface area is 74.3 Å². The largest absolute Gasteiger partial charge is 0.365 e. The number of likely N-dealkylation sites (N-methyl/N-ethyl adjacent to an activating group) is 1. The summed E-state index contributed by atoms with van der Waals surface area (Å²) >= 11 is 0. The fourth-order valence-corrected chi connectivity index (χ4v) is 1.24. The maximum Gasteiger partial charge on any atom is 0.313 e. The second-order valence-corrected chi connectivity index (χ2v) is 2.95. The summed E-state index contributed by atoms with van der Waals surface area (Å²) in [5, 5.41) is 9.34. The van der Waals surface area contributed by atoms with Gasteiger partial charge in [-0.15, -0.1) is 5.92 Å². The fourth-order valence-electron chi connectivity index (χ4n) is 1.24. The third kappa shape index (κ3) is 1.18. The predicted octanol–water partition coefficient (Wildman–Crippen LogP) is -0.152. The van der Waals surface area contributed by atoms with Gasteiger partial charge in [-0.2, -0.15) is 8.78 Å². The molecule has 72 valence electrons. The number of nitrogens with zero attached hydrogens (tertiary/aromatic N) is 1. The van der Waals surface area contributed by atoms with Crippen molar-refractivity contribution in [1.29, 1.82) is 0 Å². The number of hydrogen-bond donors (Lipinski definition) is 1. The van der Waals surface area contributed by atoms with Crippen LogP contribution in [-0.2, 0) is 4.79 Å². The van der Waals surface area contributed by atoms with Crippen LogP contribution in [-0.4, -0.2) is 41.0 Å². The highest BCUT2D eigenvalue weighted by molar-refractivity contribution is 5.92. The lowest BCUT2D eigenvalue weighted by Crippen LogP contribution is -2.48. The van der Waals surface area contributed by atoms with Crippen molar-refractivity contribution in [2.24, 2.45) is 0 Å². The number of aliphatic hydroxyl groups is 1. The van der Waals surface area contributed by atoms with Crippen LogP contribution in [0, 0.1) is 11.8 Å². The van der Waals surface area contributed by atoms with Crippen LogP contribution < -0.4 is 0 Å². The molecule has 1 fully saturated rings. The van der Waals surface area contributed by atoms with Gasteiger partial charge in [0.15, 0.2) is 0 Å². The van der Waals surface area contributed by atoms with Gasteiger partial charge in [0.2, 0.25) is 0 Å². The summed E-state index contributed by atoms with van der Waals surface area (Å²) in [4.78, 5) is 11.9. The molecule has 3 nitrogen and oxygen atoms in total. The van der Waals surface area contributed by atoms with Crippen LogP contribution in [0.2, 0.25) is 0 Å². The minimum absolute atomic E-state index is 0.768. The lowest BCUT2D eigenvalue weighted by molar-refractivity contribution is -0.153. The summed E-state index contributed by atoms with van der Waals surface area (Å²) in [5.41, 5.74) is -2.84. The number of alkyl halides is 2. The second-order valence-electron chi connectivity index (χ2n) is 2.95. The van der Waals surface area contributed by atoms with Gasteiger partial charge in [0.25, 0.3) is 11.5 Å². The van der Waals surface area contributed by atoms with Crippen molar-refractivity contribution in [3.63, 3.8) is 0 Å². The zero-order chi connectivity index (χ0) is 10.3. The highest BCUT2D eigenvalue weighted by atomic mass is 19.3. The summed E-state index contributed by atoms with van der Waals surface area (Å²) in [6.45, 7) is 0.497. The number of halogens is 2.